The van der Waals surface area contributed by atoms with Crippen molar-refractivity contribution < 1.29 is 18.7 Å². The van der Waals surface area contributed by atoms with Crippen LogP contribution in [0.3, 0.4) is 0 Å². The SMILES string of the molecule is CCCCCC[C@H](C)Oc1ccc(-c2ccc(CCC3CCC(OC(=O)[C@@H](F)CCCC)CC3)cc2)cc1Cl. The second-order valence-electron chi connectivity index (χ2n) is 11.3. The highest BCUT2D eigenvalue weighted by Crippen LogP contribution is 2.33. The number of benzene rings is 2. The Labute approximate surface area is 240 Å². The number of ether oxygens (including phenoxy) is 2. The molecule has 3 nitrogen and oxygen atoms in total. The topological polar surface area (TPSA) is 35.5 Å². The zero-order chi connectivity index (χ0) is 28.0. The molecule has 0 bridgehead atoms. The van der Waals surface area contributed by atoms with E-state index >= 15 is 0 Å². The molecule has 39 heavy (non-hydrogen) atoms. The standard InChI is InChI=1S/C34H48ClFO3/c1-4-6-8-9-10-25(3)38-33-23-20-29(24-31(33)35)28-18-14-26(15-19-28)12-13-27-16-21-30(22-17-27)39-34(37)32(36)11-7-5-2/h14-15,18-20,23-25,27,30,32H,4-13,16-17,21-22H2,1-3H3/t25-,27?,30?,32-/m0/s1. The van der Waals surface area contributed by atoms with Crippen LogP contribution in [-0.4, -0.2) is 24.3 Å². The van der Waals surface area contributed by atoms with Crippen molar-refractivity contribution in [2.24, 2.45) is 5.92 Å². The zero-order valence-electron chi connectivity index (χ0n) is 24.2. The minimum absolute atomic E-state index is 0.120. The van der Waals surface area contributed by atoms with Crippen molar-refractivity contribution in [3.8, 4) is 16.9 Å². The van der Waals surface area contributed by atoms with Crippen molar-refractivity contribution in [1.82, 2.24) is 0 Å². The molecule has 216 valence electrons. The molecule has 0 N–H and O–H groups in total. The van der Waals surface area contributed by atoms with Gasteiger partial charge in [0.15, 0.2) is 6.17 Å². The molecule has 1 fully saturated rings. The van der Waals surface area contributed by atoms with E-state index in [-0.39, 0.29) is 18.6 Å². The molecule has 0 heterocycles. The summed E-state index contributed by atoms with van der Waals surface area (Å²) in [6.45, 7) is 6.34. The largest absolute Gasteiger partial charge is 0.489 e. The second kappa shape index (κ2) is 16.9. The highest BCUT2D eigenvalue weighted by Gasteiger charge is 2.27. The molecule has 1 saturated carbocycles. The summed E-state index contributed by atoms with van der Waals surface area (Å²) in [5, 5.41) is 0.654. The maximum Gasteiger partial charge on any atom is 0.340 e. The Hall–Kier alpha value is -2.07. The smallest absolute Gasteiger partial charge is 0.340 e. The molecule has 2 aromatic rings. The summed E-state index contributed by atoms with van der Waals surface area (Å²) in [6.07, 6.45) is 12.4. The Morgan fingerprint density at radius 2 is 1.62 bits per heavy atom. The summed E-state index contributed by atoms with van der Waals surface area (Å²) >= 11 is 6.58. The molecule has 0 radical (unpaired) electrons. The van der Waals surface area contributed by atoms with E-state index in [0.29, 0.717) is 10.9 Å². The van der Waals surface area contributed by atoms with E-state index in [0.717, 1.165) is 74.7 Å². The van der Waals surface area contributed by atoms with Crippen LogP contribution in [0.4, 0.5) is 4.39 Å². The number of carbonyl (C=O) groups is 1. The van der Waals surface area contributed by atoms with Crippen LogP contribution < -0.4 is 4.74 Å². The first-order valence-corrected chi connectivity index (χ1v) is 15.7. The Bertz CT molecular complexity index is 984. The molecule has 2 atom stereocenters. The van der Waals surface area contributed by atoms with E-state index in [1.54, 1.807) is 0 Å². The molecular formula is C34H48ClFO3. The van der Waals surface area contributed by atoms with Gasteiger partial charge < -0.3 is 9.47 Å². The normalized spacial score (nSPS) is 18.9. The van der Waals surface area contributed by atoms with Crippen molar-refractivity contribution in [3.05, 3.63) is 53.1 Å². The third-order valence-corrected chi connectivity index (χ3v) is 8.29. The van der Waals surface area contributed by atoms with E-state index in [2.05, 4.69) is 44.2 Å². The molecule has 1 aliphatic carbocycles. The Kier molecular flexibility index (Phi) is 13.6. The molecule has 0 aromatic heterocycles. The van der Waals surface area contributed by atoms with E-state index < -0.39 is 12.1 Å². The molecule has 2 aromatic carbocycles. The first-order chi connectivity index (χ1) is 18.9. The Morgan fingerprint density at radius 3 is 2.28 bits per heavy atom. The minimum atomic E-state index is -1.47. The minimum Gasteiger partial charge on any atom is -0.489 e. The third-order valence-electron chi connectivity index (χ3n) is 8.00. The Balaban J connectivity index is 1.41. The summed E-state index contributed by atoms with van der Waals surface area (Å²) in [5.41, 5.74) is 3.56. The van der Waals surface area contributed by atoms with Gasteiger partial charge in [0.25, 0.3) is 0 Å². The summed E-state index contributed by atoms with van der Waals surface area (Å²) in [5.74, 6) is 0.717. The summed E-state index contributed by atoms with van der Waals surface area (Å²) in [6, 6.07) is 14.8. The number of alkyl halides is 1. The average molecular weight is 559 g/mol. The number of esters is 1. The highest BCUT2D eigenvalue weighted by molar-refractivity contribution is 6.32. The van der Waals surface area contributed by atoms with Crippen LogP contribution in [0.5, 0.6) is 5.75 Å². The predicted octanol–water partition coefficient (Wildman–Crippen LogP) is 10.3. The lowest BCUT2D eigenvalue weighted by atomic mass is 9.83. The molecule has 3 rings (SSSR count). The van der Waals surface area contributed by atoms with Gasteiger partial charge in [0.2, 0.25) is 0 Å². The molecular weight excluding hydrogens is 511 g/mol. The van der Waals surface area contributed by atoms with E-state index in [1.807, 2.05) is 19.1 Å². The van der Waals surface area contributed by atoms with E-state index in [1.165, 1.54) is 31.2 Å². The predicted molar refractivity (Wildman–Crippen MR) is 160 cm³/mol. The molecule has 5 heteroatoms. The van der Waals surface area contributed by atoms with Crippen LogP contribution in [-0.2, 0) is 16.0 Å². The lowest BCUT2D eigenvalue weighted by Gasteiger charge is -2.28. The van der Waals surface area contributed by atoms with Crippen molar-refractivity contribution in [2.45, 2.75) is 129 Å². The van der Waals surface area contributed by atoms with Crippen LogP contribution in [0.1, 0.15) is 110 Å². The first-order valence-electron chi connectivity index (χ1n) is 15.3. The van der Waals surface area contributed by atoms with Crippen LogP contribution in [0, 0.1) is 5.92 Å². The molecule has 0 amide bonds. The van der Waals surface area contributed by atoms with Crippen molar-refractivity contribution in [3.63, 3.8) is 0 Å². The maximum atomic E-state index is 13.9. The van der Waals surface area contributed by atoms with Gasteiger partial charge in [-0.25, -0.2) is 9.18 Å². The maximum absolute atomic E-state index is 13.9. The fourth-order valence-corrected chi connectivity index (χ4v) is 5.65. The fraction of sp³-hybridized carbons (Fsp3) is 0.618. The van der Waals surface area contributed by atoms with Crippen LogP contribution in [0.2, 0.25) is 5.02 Å². The second-order valence-corrected chi connectivity index (χ2v) is 11.8. The van der Waals surface area contributed by atoms with Crippen molar-refractivity contribution in [1.29, 1.82) is 0 Å². The Morgan fingerprint density at radius 1 is 0.923 bits per heavy atom. The molecule has 0 saturated heterocycles. The molecule has 0 aliphatic heterocycles. The number of unbranched alkanes of at least 4 members (excludes halogenated alkanes) is 4. The zero-order valence-corrected chi connectivity index (χ0v) is 25.0. The van der Waals surface area contributed by atoms with Gasteiger partial charge in [0, 0.05) is 0 Å². The van der Waals surface area contributed by atoms with Crippen molar-refractivity contribution in [2.75, 3.05) is 0 Å². The van der Waals surface area contributed by atoms with Gasteiger partial charge in [-0.3, -0.25) is 0 Å². The van der Waals surface area contributed by atoms with Gasteiger partial charge in [-0.15, -0.1) is 0 Å². The van der Waals surface area contributed by atoms with Gasteiger partial charge in [0.1, 0.15) is 11.9 Å². The highest BCUT2D eigenvalue weighted by atomic mass is 35.5. The lowest BCUT2D eigenvalue weighted by molar-refractivity contribution is -0.157. The number of aryl methyl sites for hydroxylation is 1. The molecule has 0 unspecified atom stereocenters. The van der Waals surface area contributed by atoms with Crippen LogP contribution in [0.15, 0.2) is 42.5 Å². The summed E-state index contributed by atoms with van der Waals surface area (Å²) < 4.78 is 25.5. The van der Waals surface area contributed by atoms with E-state index in [4.69, 9.17) is 21.1 Å². The molecule has 1 aliphatic rings. The average Bonchev–Trinajstić information content (AvgIpc) is 2.95. The number of halogens is 2. The third kappa shape index (κ3) is 10.8. The summed E-state index contributed by atoms with van der Waals surface area (Å²) in [7, 11) is 0. The van der Waals surface area contributed by atoms with Crippen molar-refractivity contribution >= 4 is 17.6 Å². The van der Waals surface area contributed by atoms with Gasteiger partial charge in [-0.05, 0) is 99.5 Å². The quantitative estimate of drug-likeness (QED) is 0.152. The first kappa shape index (κ1) is 31.5. The lowest BCUT2D eigenvalue weighted by Crippen LogP contribution is -2.29. The monoisotopic (exact) mass is 558 g/mol. The molecule has 0 spiro atoms. The number of hydrogen-bond acceptors (Lipinski definition) is 3. The van der Waals surface area contributed by atoms with Crippen LogP contribution in [0.25, 0.3) is 11.1 Å². The van der Waals surface area contributed by atoms with Gasteiger partial charge in [-0.2, -0.15) is 0 Å². The van der Waals surface area contributed by atoms with Gasteiger partial charge >= 0.3 is 5.97 Å². The van der Waals surface area contributed by atoms with Gasteiger partial charge in [-0.1, -0.05) is 87.9 Å². The number of carbonyl (C=O) groups excluding carboxylic acids is 1. The summed E-state index contributed by atoms with van der Waals surface area (Å²) in [4.78, 5) is 12.0. The number of rotatable bonds is 16. The van der Waals surface area contributed by atoms with E-state index in [9.17, 15) is 9.18 Å². The van der Waals surface area contributed by atoms with Gasteiger partial charge in [0.05, 0.1) is 11.1 Å². The number of hydrogen-bond donors (Lipinski definition) is 0. The fourth-order valence-electron chi connectivity index (χ4n) is 5.42. The van der Waals surface area contributed by atoms with Crippen LogP contribution >= 0.6 is 11.6 Å².